The Bertz CT molecular complexity index is 161. The number of aliphatic hydroxyl groups is 1. The van der Waals surface area contributed by atoms with Crippen molar-refractivity contribution >= 4 is 0 Å². The lowest BCUT2D eigenvalue weighted by molar-refractivity contribution is 0.142. The van der Waals surface area contributed by atoms with Crippen LogP contribution in [0.4, 0.5) is 0 Å². The van der Waals surface area contributed by atoms with Gasteiger partial charge in [0.1, 0.15) is 0 Å². The van der Waals surface area contributed by atoms with Gasteiger partial charge in [0, 0.05) is 19.1 Å². The Morgan fingerprint density at radius 1 is 1.50 bits per heavy atom. The summed E-state index contributed by atoms with van der Waals surface area (Å²) >= 11 is 0. The van der Waals surface area contributed by atoms with Crippen LogP contribution in [0.25, 0.3) is 0 Å². The van der Waals surface area contributed by atoms with Gasteiger partial charge in [0.2, 0.25) is 0 Å². The summed E-state index contributed by atoms with van der Waals surface area (Å²) in [6, 6.07) is 0.585. The molecule has 1 aliphatic rings. The van der Waals surface area contributed by atoms with Crippen molar-refractivity contribution in [1.82, 2.24) is 10.2 Å². The molecule has 0 saturated carbocycles. The molecule has 0 aromatic heterocycles. The van der Waals surface area contributed by atoms with Gasteiger partial charge >= 0.3 is 0 Å². The molecule has 0 radical (unpaired) electrons. The molecule has 0 spiro atoms. The summed E-state index contributed by atoms with van der Waals surface area (Å²) in [6.45, 7) is 7.34. The average Bonchev–Trinajstić information content (AvgIpc) is 2.47. The maximum absolute atomic E-state index is 9.67. The van der Waals surface area contributed by atoms with Gasteiger partial charge in [0.15, 0.2) is 0 Å². The van der Waals surface area contributed by atoms with Crippen LogP contribution in [0.15, 0.2) is 0 Å². The largest absolute Gasteiger partial charge is 0.392 e. The maximum Gasteiger partial charge on any atom is 0.0667 e. The first-order valence-corrected chi connectivity index (χ1v) is 5.68. The Hall–Kier alpha value is -0.120. The van der Waals surface area contributed by atoms with Crippen molar-refractivity contribution in [3.8, 4) is 0 Å². The number of likely N-dealkylation sites (tertiary alicyclic amines) is 1. The summed E-state index contributed by atoms with van der Waals surface area (Å²) in [5.41, 5.74) is 0. The van der Waals surface area contributed by atoms with Gasteiger partial charge in [-0.3, -0.25) is 0 Å². The summed E-state index contributed by atoms with van der Waals surface area (Å²) < 4.78 is 0. The molecule has 0 aromatic carbocycles. The van der Waals surface area contributed by atoms with Crippen molar-refractivity contribution in [2.24, 2.45) is 5.92 Å². The van der Waals surface area contributed by atoms with E-state index in [1.165, 1.54) is 13.0 Å². The van der Waals surface area contributed by atoms with E-state index in [1.54, 1.807) is 0 Å². The van der Waals surface area contributed by atoms with Crippen LogP contribution >= 0.6 is 0 Å². The minimum absolute atomic E-state index is 0.180. The summed E-state index contributed by atoms with van der Waals surface area (Å²) in [6.07, 6.45) is 1.93. The van der Waals surface area contributed by atoms with Crippen molar-refractivity contribution in [3.63, 3.8) is 0 Å². The molecule has 2 atom stereocenters. The van der Waals surface area contributed by atoms with Crippen molar-refractivity contribution in [3.05, 3.63) is 0 Å². The molecule has 0 amide bonds. The fourth-order valence-electron chi connectivity index (χ4n) is 2.03. The molecular weight excluding hydrogens is 176 g/mol. The fourth-order valence-corrected chi connectivity index (χ4v) is 2.03. The molecule has 1 aliphatic heterocycles. The zero-order valence-corrected chi connectivity index (χ0v) is 9.66. The van der Waals surface area contributed by atoms with Crippen molar-refractivity contribution in [2.75, 3.05) is 26.7 Å². The summed E-state index contributed by atoms with van der Waals surface area (Å²) in [5.74, 6) is 0.582. The quantitative estimate of drug-likeness (QED) is 0.685. The van der Waals surface area contributed by atoms with Gasteiger partial charge in [0.25, 0.3) is 0 Å². The second-order valence-electron chi connectivity index (χ2n) is 4.94. The zero-order chi connectivity index (χ0) is 10.6. The number of hydrogen-bond donors (Lipinski definition) is 2. The van der Waals surface area contributed by atoms with Crippen molar-refractivity contribution < 1.29 is 5.11 Å². The first-order chi connectivity index (χ1) is 6.58. The lowest BCUT2D eigenvalue weighted by Gasteiger charge is -2.17. The molecule has 14 heavy (non-hydrogen) atoms. The lowest BCUT2D eigenvalue weighted by atomic mass is 10.1. The number of nitrogens with one attached hydrogen (secondary N) is 1. The molecular formula is C11H24N2O. The third kappa shape index (κ3) is 4.40. The van der Waals surface area contributed by atoms with E-state index in [1.807, 2.05) is 0 Å². The summed E-state index contributed by atoms with van der Waals surface area (Å²) in [4.78, 5) is 2.33. The van der Waals surface area contributed by atoms with Crippen molar-refractivity contribution in [2.45, 2.75) is 38.8 Å². The molecule has 1 fully saturated rings. The van der Waals surface area contributed by atoms with E-state index < -0.39 is 0 Å². The van der Waals surface area contributed by atoms with Gasteiger partial charge in [-0.25, -0.2) is 0 Å². The highest BCUT2D eigenvalue weighted by Crippen LogP contribution is 2.07. The molecule has 0 aromatic rings. The van der Waals surface area contributed by atoms with Crippen LogP contribution in [-0.4, -0.2) is 48.8 Å². The van der Waals surface area contributed by atoms with Crippen LogP contribution in [0.1, 0.15) is 26.7 Å². The van der Waals surface area contributed by atoms with Crippen LogP contribution in [0.5, 0.6) is 0 Å². The summed E-state index contributed by atoms with van der Waals surface area (Å²) in [7, 11) is 2.15. The molecule has 1 saturated heterocycles. The van der Waals surface area contributed by atoms with Gasteiger partial charge in [-0.1, -0.05) is 13.8 Å². The van der Waals surface area contributed by atoms with E-state index in [0.717, 1.165) is 19.5 Å². The lowest BCUT2D eigenvalue weighted by Crippen LogP contribution is -2.37. The Balaban J connectivity index is 2.08. The van der Waals surface area contributed by atoms with Gasteiger partial charge in [-0.15, -0.1) is 0 Å². The molecule has 0 aliphatic carbocycles. The monoisotopic (exact) mass is 200 g/mol. The normalized spacial score (nSPS) is 25.9. The van der Waals surface area contributed by atoms with Crippen LogP contribution in [0.2, 0.25) is 0 Å². The highest BCUT2D eigenvalue weighted by molar-refractivity contribution is 4.79. The first kappa shape index (κ1) is 12.0. The number of rotatable bonds is 5. The van der Waals surface area contributed by atoms with E-state index in [0.29, 0.717) is 12.0 Å². The van der Waals surface area contributed by atoms with Crippen molar-refractivity contribution in [1.29, 1.82) is 0 Å². The number of nitrogens with zero attached hydrogens (tertiary/aromatic N) is 1. The van der Waals surface area contributed by atoms with Crippen LogP contribution in [0.3, 0.4) is 0 Å². The Morgan fingerprint density at radius 2 is 2.21 bits per heavy atom. The van der Waals surface area contributed by atoms with Gasteiger partial charge in [0.05, 0.1) is 6.10 Å². The van der Waals surface area contributed by atoms with Crippen LogP contribution < -0.4 is 5.32 Å². The first-order valence-electron chi connectivity index (χ1n) is 5.68. The molecule has 1 heterocycles. The molecule has 3 nitrogen and oxygen atoms in total. The standard InChI is InChI=1S/C11H24N2O/c1-9(2)6-11(14)7-12-10-4-5-13(3)8-10/h9-12,14H,4-8H2,1-3H3. The van der Waals surface area contributed by atoms with E-state index in [-0.39, 0.29) is 6.10 Å². The topological polar surface area (TPSA) is 35.5 Å². The molecule has 0 bridgehead atoms. The minimum atomic E-state index is -0.180. The molecule has 2 unspecified atom stereocenters. The highest BCUT2D eigenvalue weighted by atomic mass is 16.3. The maximum atomic E-state index is 9.67. The number of hydrogen-bond acceptors (Lipinski definition) is 3. The highest BCUT2D eigenvalue weighted by Gasteiger charge is 2.19. The van der Waals surface area contributed by atoms with E-state index in [4.69, 9.17) is 0 Å². The number of aliphatic hydroxyl groups excluding tert-OH is 1. The third-order valence-corrected chi connectivity index (χ3v) is 2.78. The predicted molar refractivity (Wildman–Crippen MR) is 59.4 cm³/mol. The molecule has 3 heteroatoms. The average molecular weight is 200 g/mol. The molecule has 2 N–H and O–H groups in total. The minimum Gasteiger partial charge on any atom is -0.392 e. The molecule has 84 valence electrons. The van der Waals surface area contributed by atoms with E-state index >= 15 is 0 Å². The molecule has 1 rings (SSSR count). The second kappa shape index (κ2) is 5.69. The SMILES string of the molecule is CC(C)CC(O)CNC1CCN(C)C1. The smallest absolute Gasteiger partial charge is 0.0667 e. The second-order valence-corrected chi connectivity index (χ2v) is 4.94. The van der Waals surface area contributed by atoms with E-state index in [9.17, 15) is 5.11 Å². The third-order valence-electron chi connectivity index (χ3n) is 2.78. The van der Waals surface area contributed by atoms with Gasteiger partial charge < -0.3 is 15.3 Å². The van der Waals surface area contributed by atoms with Crippen LogP contribution in [0, 0.1) is 5.92 Å². The van der Waals surface area contributed by atoms with Gasteiger partial charge in [-0.2, -0.15) is 0 Å². The van der Waals surface area contributed by atoms with Gasteiger partial charge in [-0.05, 0) is 32.4 Å². The Morgan fingerprint density at radius 3 is 2.71 bits per heavy atom. The van der Waals surface area contributed by atoms with Crippen LogP contribution in [-0.2, 0) is 0 Å². The Kier molecular flexibility index (Phi) is 4.85. The predicted octanol–water partition coefficient (Wildman–Crippen LogP) is 0.687. The zero-order valence-electron chi connectivity index (χ0n) is 9.66. The number of likely N-dealkylation sites (N-methyl/N-ethyl adjacent to an activating group) is 1. The fraction of sp³-hybridized carbons (Fsp3) is 1.00. The Labute approximate surface area is 87.5 Å². The summed E-state index contributed by atoms with van der Waals surface area (Å²) in [5, 5.41) is 13.1. The van der Waals surface area contributed by atoms with E-state index in [2.05, 4.69) is 31.1 Å².